The second-order valence-corrected chi connectivity index (χ2v) is 8.55. The van der Waals surface area contributed by atoms with Gasteiger partial charge in [0.2, 0.25) is 0 Å². The van der Waals surface area contributed by atoms with Crippen LogP contribution in [0.1, 0.15) is 28.8 Å². The molecule has 0 aliphatic carbocycles. The maximum atomic E-state index is 12.8. The van der Waals surface area contributed by atoms with Gasteiger partial charge in [-0.05, 0) is 37.1 Å². The number of nitrogens with one attached hydrogen (secondary N) is 2. The van der Waals surface area contributed by atoms with Gasteiger partial charge in [-0.15, -0.1) is 0 Å². The number of fused-ring (bicyclic) bond motifs is 2. The van der Waals surface area contributed by atoms with Gasteiger partial charge >= 0.3 is 0 Å². The highest BCUT2D eigenvalue weighted by Gasteiger charge is 2.28. The van der Waals surface area contributed by atoms with Gasteiger partial charge in [0.1, 0.15) is 5.82 Å². The Kier molecular flexibility index (Phi) is 5.03. The molecular formula is C25H23N7O2. The average Bonchev–Trinajstić information content (AvgIpc) is 3.27. The number of amides is 1. The molecule has 1 amide bonds. The summed E-state index contributed by atoms with van der Waals surface area (Å²) in [7, 11) is 0. The van der Waals surface area contributed by atoms with Gasteiger partial charge in [0.15, 0.2) is 0 Å². The predicted molar refractivity (Wildman–Crippen MR) is 129 cm³/mol. The SMILES string of the molecule is O=C1NCc2c(-c3ccnc4cnccc34)ncc(Nc3ccc(N4CCC(O)CC4)cn3)c21. The summed E-state index contributed by atoms with van der Waals surface area (Å²) < 4.78 is 0. The highest BCUT2D eigenvalue weighted by molar-refractivity contribution is 6.06. The van der Waals surface area contributed by atoms with Crippen molar-refractivity contribution in [2.45, 2.75) is 25.5 Å². The van der Waals surface area contributed by atoms with Gasteiger partial charge in [-0.2, -0.15) is 0 Å². The van der Waals surface area contributed by atoms with Crippen LogP contribution in [-0.2, 0) is 6.54 Å². The fraction of sp³-hybridized carbons (Fsp3) is 0.240. The average molecular weight is 454 g/mol. The van der Waals surface area contributed by atoms with Gasteiger partial charge in [-0.1, -0.05) is 0 Å². The van der Waals surface area contributed by atoms with E-state index >= 15 is 0 Å². The first-order chi connectivity index (χ1) is 16.7. The molecule has 0 spiro atoms. The Bertz CT molecular complexity index is 1380. The van der Waals surface area contributed by atoms with Crippen LogP contribution in [0.2, 0.25) is 0 Å². The first-order valence-electron chi connectivity index (χ1n) is 11.3. The Morgan fingerprint density at radius 3 is 2.71 bits per heavy atom. The molecule has 9 heteroatoms. The van der Waals surface area contributed by atoms with Crippen molar-refractivity contribution in [1.82, 2.24) is 25.3 Å². The Morgan fingerprint density at radius 1 is 1.00 bits per heavy atom. The second-order valence-electron chi connectivity index (χ2n) is 8.55. The third kappa shape index (κ3) is 3.60. The Morgan fingerprint density at radius 2 is 1.88 bits per heavy atom. The summed E-state index contributed by atoms with van der Waals surface area (Å²) in [6.07, 6.45) is 10.0. The van der Waals surface area contributed by atoms with Crippen LogP contribution < -0.4 is 15.5 Å². The topological polar surface area (TPSA) is 116 Å². The number of aliphatic hydroxyl groups excluding tert-OH is 1. The highest BCUT2D eigenvalue weighted by Crippen LogP contribution is 2.35. The molecule has 4 aromatic heterocycles. The number of hydrogen-bond donors (Lipinski definition) is 3. The Labute approximate surface area is 195 Å². The summed E-state index contributed by atoms with van der Waals surface area (Å²) in [5, 5.41) is 16.9. The molecule has 6 heterocycles. The molecule has 0 bridgehead atoms. The van der Waals surface area contributed by atoms with Gasteiger partial charge in [0.05, 0.1) is 52.8 Å². The summed E-state index contributed by atoms with van der Waals surface area (Å²) >= 11 is 0. The Hall–Kier alpha value is -4.11. The van der Waals surface area contributed by atoms with E-state index in [0.717, 1.165) is 59.3 Å². The van der Waals surface area contributed by atoms with Gasteiger partial charge in [0.25, 0.3) is 5.91 Å². The van der Waals surface area contributed by atoms with Gasteiger partial charge in [-0.25, -0.2) is 4.98 Å². The standard InChI is InChI=1S/C25H23N7O2/c33-16-5-9-32(10-6-16)15-1-2-22(28-11-15)31-21-14-29-24(19-12-30-25(34)23(19)21)18-4-8-27-20-13-26-7-3-17(18)20/h1-4,7-8,11,13-14,16,33H,5-6,9-10,12H2,(H,28,31)(H,30,34). The number of aromatic nitrogens is 4. The van der Waals surface area contributed by atoms with E-state index in [1.807, 2.05) is 30.5 Å². The van der Waals surface area contributed by atoms with Gasteiger partial charge in [0, 0.05) is 48.5 Å². The number of aliphatic hydroxyl groups is 1. The van der Waals surface area contributed by atoms with Crippen molar-refractivity contribution in [2.24, 2.45) is 0 Å². The minimum atomic E-state index is -0.212. The van der Waals surface area contributed by atoms with Crippen molar-refractivity contribution in [1.29, 1.82) is 0 Å². The van der Waals surface area contributed by atoms with E-state index in [9.17, 15) is 9.90 Å². The van der Waals surface area contributed by atoms with Gasteiger partial charge < -0.3 is 20.6 Å². The molecular weight excluding hydrogens is 430 g/mol. The molecule has 2 aliphatic rings. The molecule has 4 aromatic rings. The molecule has 6 rings (SSSR count). The highest BCUT2D eigenvalue weighted by atomic mass is 16.3. The molecule has 0 aromatic carbocycles. The van der Waals surface area contributed by atoms with E-state index < -0.39 is 0 Å². The normalized spacial score (nSPS) is 15.9. The van der Waals surface area contributed by atoms with Crippen LogP contribution in [0.3, 0.4) is 0 Å². The van der Waals surface area contributed by atoms with Gasteiger partial charge in [-0.3, -0.25) is 19.7 Å². The molecule has 1 fully saturated rings. The van der Waals surface area contributed by atoms with Crippen LogP contribution >= 0.6 is 0 Å². The molecule has 0 atom stereocenters. The lowest BCUT2D eigenvalue weighted by Crippen LogP contribution is -2.35. The maximum absolute atomic E-state index is 12.8. The van der Waals surface area contributed by atoms with Crippen molar-refractivity contribution in [3.8, 4) is 11.3 Å². The van der Waals surface area contributed by atoms with E-state index in [1.165, 1.54) is 0 Å². The third-order valence-electron chi connectivity index (χ3n) is 6.47. The lowest BCUT2D eigenvalue weighted by molar-refractivity contribution is 0.0966. The minimum Gasteiger partial charge on any atom is -0.393 e. The summed E-state index contributed by atoms with van der Waals surface area (Å²) in [5.74, 6) is 0.502. The molecule has 2 aliphatic heterocycles. The number of rotatable bonds is 4. The predicted octanol–water partition coefficient (Wildman–Crippen LogP) is 3.03. The monoisotopic (exact) mass is 453 g/mol. The zero-order valence-electron chi connectivity index (χ0n) is 18.4. The minimum absolute atomic E-state index is 0.135. The van der Waals surface area contributed by atoms with E-state index in [2.05, 4.69) is 30.5 Å². The number of anilines is 3. The molecule has 0 saturated carbocycles. The summed E-state index contributed by atoms with van der Waals surface area (Å²) in [4.78, 5) is 32.8. The number of pyridine rings is 4. The fourth-order valence-corrected chi connectivity index (χ4v) is 4.68. The van der Waals surface area contributed by atoms with Crippen LogP contribution in [0.4, 0.5) is 17.2 Å². The zero-order chi connectivity index (χ0) is 23.1. The van der Waals surface area contributed by atoms with Crippen LogP contribution in [0.15, 0.2) is 55.2 Å². The second kappa shape index (κ2) is 8.35. The van der Waals surface area contributed by atoms with Crippen LogP contribution in [0, 0.1) is 0 Å². The smallest absolute Gasteiger partial charge is 0.254 e. The number of nitrogens with zero attached hydrogens (tertiary/aromatic N) is 5. The largest absolute Gasteiger partial charge is 0.393 e. The number of hydrogen-bond acceptors (Lipinski definition) is 8. The molecule has 1 saturated heterocycles. The quantitative estimate of drug-likeness (QED) is 0.432. The first kappa shape index (κ1) is 20.5. The summed E-state index contributed by atoms with van der Waals surface area (Å²) in [6, 6.07) is 7.74. The first-order valence-corrected chi connectivity index (χ1v) is 11.3. The molecule has 3 N–H and O–H groups in total. The van der Waals surface area contributed by atoms with Crippen LogP contribution in [0.25, 0.3) is 22.2 Å². The van der Waals surface area contributed by atoms with Crippen molar-refractivity contribution >= 4 is 34.0 Å². The lowest BCUT2D eigenvalue weighted by Gasteiger charge is -2.31. The molecule has 9 nitrogen and oxygen atoms in total. The zero-order valence-corrected chi connectivity index (χ0v) is 18.4. The number of piperidine rings is 1. The molecule has 170 valence electrons. The molecule has 0 unspecified atom stereocenters. The molecule has 34 heavy (non-hydrogen) atoms. The fourth-order valence-electron chi connectivity index (χ4n) is 4.68. The van der Waals surface area contributed by atoms with Crippen molar-refractivity contribution in [3.63, 3.8) is 0 Å². The van der Waals surface area contributed by atoms with E-state index in [1.54, 1.807) is 24.8 Å². The van der Waals surface area contributed by atoms with Crippen molar-refractivity contribution < 1.29 is 9.90 Å². The number of carbonyl (C=O) groups is 1. The van der Waals surface area contributed by atoms with E-state index in [-0.39, 0.29) is 12.0 Å². The Balaban J connectivity index is 1.32. The van der Waals surface area contributed by atoms with Crippen molar-refractivity contribution in [3.05, 3.63) is 66.4 Å². The van der Waals surface area contributed by atoms with Crippen molar-refractivity contribution in [2.75, 3.05) is 23.3 Å². The molecule has 0 radical (unpaired) electrons. The van der Waals surface area contributed by atoms with E-state index in [4.69, 9.17) is 4.98 Å². The lowest BCUT2D eigenvalue weighted by atomic mass is 9.99. The third-order valence-corrected chi connectivity index (χ3v) is 6.47. The van der Waals surface area contributed by atoms with Crippen LogP contribution in [0.5, 0.6) is 0 Å². The number of carbonyl (C=O) groups excluding carboxylic acids is 1. The summed E-state index contributed by atoms with van der Waals surface area (Å²) in [6.45, 7) is 2.04. The van der Waals surface area contributed by atoms with Crippen LogP contribution in [-0.4, -0.2) is 50.1 Å². The van der Waals surface area contributed by atoms with E-state index in [0.29, 0.717) is 23.6 Å². The maximum Gasteiger partial charge on any atom is 0.254 e. The summed E-state index contributed by atoms with van der Waals surface area (Å²) in [5.41, 5.74) is 5.53.